The lowest BCUT2D eigenvalue weighted by Crippen LogP contribution is -2.47. The van der Waals surface area contributed by atoms with Crippen molar-refractivity contribution in [3.05, 3.63) is 18.3 Å². The molecule has 1 unspecified atom stereocenters. The average molecular weight is 278 g/mol. The Morgan fingerprint density at radius 3 is 3.00 bits per heavy atom. The third-order valence-electron chi connectivity index (χ3n) is 3.04. The highest BCUT2D eigenvalue weighted by atomic mass is 16.5. The average Bonchev–Trinajstić information content (AvgIpc) is 2.65. The van der Waals surface area contributed by atoms with Crippen molar-refractivity contribution >= 4 is 17.6 Å². The third kappa shape index (κ3) is 3.84. The van der Waals surface area contributed by atoms with Crippen LogP contribution in [-0.4, -0.2) is 36.6 Å². The largest absolute Gasteiger partial charge is 0.481 e. The number of hydrogen-bond donors (Lipinski definition) is 3. The quantitative estimate of drug-likeness (QED) is 0.765. The lowest BCUT2D eigenvalue weighted by Gasteiger charge is -2.15. The highest BCUT2D eigenvalue weighted by Crippen LogP contribution is 2.11. The number of rotatable bonds is 3. The molecular weight excluding hydrogens is 260 g/mol. The molecule has 0 aromatic carbocycles. The third-order valence-corrected chi connectivity index (χ3v) is 3.04. The number of ether oxygens (including phenoxy) is 1. The summed E-state index contributed by atoms with van der Waals surface area (Å²) in [4.78, 5) is 27.5. The molecule has 7 heteroatoms. The molecule has 0 radical (unpaired) electrons. The van der Waals surface area contributed by atoms with E-state index in [2.05, 4.69) is 20.9 Å². The second-order valence-electron chi connectivity index (χ2n) is 4.53. The molecule has 108 valence electrons. The van der Waals surface area contributed by atoms with Crippen molar-refractivity contribution in [3.63, 3.8) is 0 Å². The number of aromatic nitrogens is 1. The number of urea groups is 1. The second-order valence-corrected chi connectivity index (χ2v) is 4.53. The van der Waals surface area contributed by atoms with Crippen LogP contribution in [-0.2, 0) is 4.79 Å². The number of hydrogen-bond acceptors (Lipinski definition) is 4. The van der Waals surface area contributed by atoms with E-state index in [0.29, 0.717) is 24.5 Å². The lowest BCUT2D eigenvalue weighted by atomic mass is 10.1. The van der Waals surface area contributed by atoms with Crippen LogP contribution in [0.15, 0.2) is 18.3 Å². The number of methoxy groups -OCH3 is 1. The molecule has 1 aliphatic rings. The van der Waals surface area contributed by atoms with E-state index < -0.39 is 12.1 Å². The molecule has 1 saturated heterocycles. The molecule has 1 aromatic rings. The van der Waals surface area contributed by atoms with Crippen molar-refractivity contribution in [1.29, 1.82) is 0 Å². The summed E-state index contributed by atoms with van der Waals surface area (Å²) in [5, 5.41) is 8.07. The van der Waals surface area contributed by atoms with Crippen LogP contribution in [0.3, 0.4) is 0 Å². The van der Waals surface area contributed by atoms with Crippen molar-refractivity contribution in [2.75, 3.05) is 19.0 Å². The maximum Gasteiger partial charge on any atom is 0.319 e. The van der Waals surface area contributed by atoms with Crippen LogP contribution in [0.2, 0.25) is 0 Å². The van der Waals surface area contributed by atoms with E-state index in [-0.39, 0.29) is 5.91 Å². The van der Waals surface area contributed by atoms with Crippen LogP contribution in [0, 0.1) is 0 Å². The highest BCUT2D eigenvalue weighted by Gasteiger charge is 2.22. The molecule has 0 bridgehead atoms. The first kappa shape index (κ1) is 14.1. The second kappa shape index (κ2) is 6.74. The van der Waals surface area contributed by atoms with Gasteiger partial charge in [0.15, 0.2) is 0 Å². The number of nitrogens with zero attached hydrogens (tertiary/aromatic N) is 1. The molecule has 7 nitrogen and oxygen atoms in total. The Kier molecular flexibility index (Phi) is 4.75. The molecule has 1 atom stereocenters. The van der Waals surface area contributed by atoms with Crippen molar-refractivity contribution in [2.24, 2.45) is 0 Å². The minimum atomic E-state index is -0.483. The lowest BCUT2D eigenvalue weighted by molar-refractivity contribution is -0.122. The number of pyridine rings is 1. The van der Waals surface area contributed by atoms with E-state index in [1.54, 1.807) is 12.1 Å². The van der Waals surface area contributed by atoms with E-state index >= 15 is 0 Å². The molecule has 1 fully saturated rings. The number of anilines is 1. The number of carbonyl (C=O) groups is 2. The highest BCUT2D eigenvalue weighted by molar-refractivity contribution is 5.93. The van der Waals surface area contributed by atoms with Gasteiger partial charge in [0, 0.05) is 12.6 Å². The van der Waals surface area contributed by atoms with Crippen molar-refractivity contribution in [2.45, 2.75) is 25.3 Å². The summed E-state index contributed by atoms with van der Waals surface area (Å²) in [6.45, 7) is 0.668. The normalized spacial score (nSPS) is 18.6. The molecule has 3 N–H and O–H groups in total. The van der Waals surface area contributed by atoms with Crippen LogP contribution >= 0.6 is 0 Å². The molecular formula is C13H18N4O3. The first-order valence-electron chi connectivity index (χ1n) is 6.54. The minimum Gasteiger partial charge on any atom is -0.481 e. The SMILES string of the molecule is COc1ccc(NC(=O)NC2CCCCNC2=O)cn1. The van der Waals surface area contributed by atoms with Gasteiger partial charge >= 0.3 is 6.03 Å². The predicted molar refractivity (Wildman–Crippen MR) is 73.6 cm³/mol. The summed E-state index contributed by atoms with van der Waals surface area (Å²) in [6, 6.07) is 2.43. The molecule has 20 heavy (non-hydrogen) atoms. The topological polar surface area (TPSA) is 92.4 Å². The number of carbonyl (C=O) groups excluding carboxylic acids is 2. The Bertz CT molecular complexity index is 475. The first-order chi connectivity index (χ1) is 9.69. The smallest absolute Gasteiger partial charge is 0.319 e. The van der Waals surface area contributed by atoms with Crippen molar-refractivity contribution in [3.8, 4) is 5.88 Å². The summed E-state index contributed by atoms with van der Waals surface area (Å²) in [6.07, 6.45) is 3.99. The van der Waals surface area contributed by atoms with Crippen LogP contribution in [0.1, 0.15) is 19.3 Å². The zero-order valence-electron chi connectivity index (χ0n) is 11.3. The first-order valence-corrected chi connectivity index (χ1v) is 6.54. The molecule has 0 saturated carbocycles. The van der Waals surface area contributed by atoms with Gasteiger partial charge in [0.2, 0.25) is 11.8 Å². The maximum absolute atomic E-state index is 11.8. The van der Waals surface area contributed by atoms with Gasteiger partial charge in [0.1, 0.15) is 6.04 Å². The predicted octanol–water partition coefficient (Wildman–Crippen LogP) is 0.880. The Hall–Kier alpha value is -2.31. The fraction of sp³-hybridized carbons (Fsp3) is 0.462. The minimum absolute atomic E-state index is 0.134. The van der Waals surface area contributed by atoms with Gasteiger partial charge in [-0.1, -0.05) is 0 Å². The van der Waals surface area contributed by atoms with Crippen molar-refractivity contribution in [1.82, 2.24) is 15.6 Å². The Labute approximate surface area is 117 Å². The van der Waals surface area contributed by atoms with E-state index in [0.717, 1.165) is 12.8 Å². The Balaban J connectivity index is 1.89. The molecule has 2 heterocycles. The molecule has 1 aliphatic heterocycles. The fourth-order valence-electron chi connectivity index (χ4n) is 1.98. The maximum atomic E-state index is 11.8. The van der Waals surface area contributed by atoms with Crippen molar-refractivity contribution < 1.29 is 14.3 Å². The van der Waals surface area contributed by atoms with Gasteiger partial charge in [0.25, 0.3) is 0 Å². The Morgan fingerprint density at radius 2 is 2.30 bits per heavy atom. The number of nitrogens with one attached hydrogen (secondary N) is 3. The molecule has 0 spiro atoms. The summed E-state index contributed by atoms with van der Waals surface area (Å²) in [7, 11) is 1.52. The zero-order valence-corrected chi connectivity index (χ0v) is 11.3. The molecule has 0 aliphatic carbocycles. The van der Waals surface area contributed by atoms with E-state index in [1.807, 2.05) is 0 Å². The molecule has 3 amide bonds. The summed E-state index contributed by atoms with van der Waals surface area (Å²) >= 11 is 0. The van der Waals surface area contributed by atoms with Crippen LogP contribution in [0.25, 0.3) is 0 Å². The molecule has 2 rings (SSSR count). The fourth-order valence-corrected chi connectivity index (χ4v) is 1.98. The van der Waals surface area contributed by atoms with E-state index in [1.165, 1.54) is 13.3 Å². The van der Waals surface area contributed by atoms with Gasteiger partial charge in [-0.2, -0.15) is 0 Å². The zero-order chi connectivity index (χ0) is 14.4. The van der Waals surface area contributed by atoms with Crippen LogP contribution in [0.4, 0.5) is 10.5 Å². The Morgan fingerprint density at radius 1 is 1.45 bits per heavy atom. The van der Waals surface area contributed by atoms with Gasteiger partial charge in [-0.25, -0.2) is 9.78 Å². The van der Waals surface area contributed by atoms with E-state index in [4.69, 9.17) is 4.74 Å². The van der Waals surface area contributed by atoms with Gasteiger partial charge in [-0.3, -0.25) is 4.79 Å². The van der Waals surface area contributed by atoms with Gasteiger partial charge < -0.3 is 20.7 Å². The summed E-state index contributed by atoms with van der Waals surface area (Å²) in [5.41, 5.74) is 0.539. The van der Waals surface area contributed by atoms with Gasteiger partial charge in [-0.05, 0) is 25.3 Å². The summed E-state index contributed by atoms with van der Waals surface area (Å²) < 4.78 is 4.93. The van der Waals surface area contributed by atoms with E-state index in [9.17, 15) is 9.59 Å². The van der Waals surface area contributed by atoms with Crippen LogP contribution in [0.5, 0.6) is 5.88 Å². The van der Waals surface area contributed by atoms with Gasteiger partial charge in [0.05, 0.1) is 19.0 Å². The van der Waals surface area contributed by atoms with Crippen LogP contribution < -0.4 is 20.7 Å². The van der Waals surface area contributed by atoms with Gasteiger partial charge in [-0.15, -0.1) is 0 Å². The number of amides is 3. The summed E-state index contributed by atoms with van der Waals surface area (Å²) in [5.74, 6) is 0.338. The molecule has 1 aromatic heterocycles. The monoisotopic (exact) mass is 278 g/mol. The standard InChI is InChI=1S/C13H18N4O3/c1-20-11-6-5-9(8-15-11)16-13(19)17-10-4-2-3-7-14-12(10)18/h5-6,8,10H,2-4,7H2,1H3,(H,14,18)(H2,16,17,19).